The third kappa shape index (κ3) is 8.86. The number of benzene rings is 3. The molecule has 0 aliphatic rings. The number of aromatic hydroxyl groups is 1. The van der Waals surface area contributed by atoms with Crippen LogP contribution in [0.3, 0.4) is 0 Å². The summed E-state index contributed by atoms with van der Waals surface area (Å²) in [5.41, 5.74) is 3.17. The van der Waals surface area contributed by atoms with E-state index in [2.05, 4.69) is 20.2 Å². The van der Waals surface area contributed by atoms with E-state index in [1.165, 1.54) is 18.2 Å². The van der Waals surface area contributed by atoms with Gasteiger partial charge in [0.05, 0.1) is 22.3 Å². The van der Waals surface area contributed by atoms with Gasteiger partial charge in [0, 0.05) is 42.2 Å². The number of phenolic OH excluding ortho intramolecular Hbond substituents is 1. The second-order valence-electron chi connectivity index (χ2n) is 9.10. The van der Waals surface area contributed by atoms with Gasteiger partial charge in [-0.15, -0.1) is 5.10 Å². The number of hydrogen-bond acceptors (Lipinski definition) is 6. The lowest BCUT2D eigenvalue weighted by Gasteiger charge is -2.14. The quantitative estimate of drug-likeness (QED) is 0.104. The first kappa shape index (κ1) is 35.4. The van der Waals surface area contributed by atoms with Crippen LogP contribution < -0.4 is 10.7 Å². The first-order valence-corrected chi connectivity index (χ1v) is 15.5. The van der Waals surface area contributed by atoms with Crippen LogP contribution in [0.4, 0.5) is 0 Å². The molecular formula is C35H45N5O4. The summed E-state index contributed by atoms with van der Waals surface area (Å²) in [4.78, 5) is 36.2. The lowest BCUT2D eigenvalue weighted by atomic mass is 10.1. The van der Waals surface area contributed by atoms with Crippen molar-refractivity contribution < 1.29 is 14.7 Å². The van der Waals surface area contributed by atoms with Crippen molar-refractivity contribution in [2.45, 2.75) is 73.9 Å². The minimum Gasteiger partial charge on any atom is -0.507 e. The van der Waals surface area contributed by atoms with E-state index in [9.17, 15) is 19.5 Å². The van der Waals surface area contributed by atoms with E-state index in [0.29, 0.717) is 31.4 Å². The molecule has 2 heterocycles. The van der Waals surface area contributed by atoms with Crippen LogP contribution in [-0.4, -0.2) is 43.4 Å². The predicted octanol–water partition coefficient (Wildman–Crippen LogP) is 6.80. The molecule has 0 atom stereocenters. The topological polar surface area (TPSA) is 119 Å². The fourth-order valence-electron chi connectivity index (χ4n) is 4.65. The third-order valence-corrected chi connectivity index (χ3v) is 6.53. The van der Waals surface area contributed by atoms with E-state index in [4.69, 9.17) is 0 Å². The summed E-state index contributed by atoms with van der Waals surface area (Å²) >= 11 is 0. The molecule has 0 spiro atoms. The van der Waals surface area contributed by atoms with E-state index in [1.807, 2.05) is 96.3 Å². The Labute approximate surface area is 259 Å². The Morgan fingerprint density at radius 2 is 1.48 bits per heavy atom. The zero-order valence-corrected chi connectivity index (χ0v) is 26.7. The number of amides is 1. The van der Waals surface area contributed by atoms with Gasteiger partial charge in [-0.2, -0.15) is 0 Å². The van der Waals surface area contributed by atoms with Gasteiger partial charge < -0.3 is 15.0 Å². The van der Waals surface area contributed by atoms with Gasteiger partial charge >= 0.3 is 0 Å². The van der Waals surface area contributed by atoms with Gasteiger partial charge in [0.1, 0.15) is 12.0 Å². The zero-order chi connectivity index (χ0) is 32.5. The number of aromatic nitrogens is 4. The highest BCUT2D eigenvalue weighted by atomic mass is 16.3. The number of rotatable bonds is 10. The minimum absolute atomic E-state index is 0.0536. The summed E-state index contributed by atoms with van der Waals surface area (Å²) in [5.74, 6) is -0.606. The zero-order valence-electron chi connectivity index (χ0n) is 26.7. The van der Waals surface area contributed by atoms with Crippen molar-refractivity contribution in [2.75, 3.05) is 6.54 Å². The summed E-state index contributed by atoms with van der Waals surface area (Å²) in [6.45, 7) is 13.7. The molecule has 0 saturated carbocycles. The number of fused-ring (bicyclic) bond motifs is 2. The van der Waals surface area contributed by atoms with Gasteiger partial charge in [0.25, 0.3) is 5.91 Å². The lowest BCUT2D eigenvalue weighted by molar-refractivity contribution is 0.0950. The van der Waals surface area contributed by atoms with E-state index >= 15 is 0 Å². The molecule has 0 saturated heterocycles. The maximum Gasteiger partial charge on any atom is 0.255 e. The Hall–Kier alpha value is -4.79. The molecule has 1 amide bonds. The van der Waals surface area contributed by atoms with Crippen molar-refractivity contribution in [3.8, 4) is 5.75 Å². The van der Waals surface area contributed by atoms with Crippen LogP contribution in [0.25, 0.3) is 21.8 Å². The maximum absolute atomic E-state index is 12.9. The van der Waals surface area contributed by atoms with Crippen LogP contribution in [0.1, 0.15) is 80.8 Å². The van der Waals surface area contributed by atoms with Crippen molar-refractivity contribution in [2.24, 2.45) is 0 Å². The summed E-state index contributed by atoms with van der Waals surface area (Å²) in [6.07, 6.45) is 4.72. The van der Waals surface area contributed by atoms with Gasteiger partial charge in [0.2, 0.25) is 0 Å². The maximum atomic E-state index is 12.9. The average molecular weight is 600 g/mol. The first-order valence-electron chi connectivity index (χ1n) is 15.5. The Morgan fingerprint density at radius 3 is 2.09 bits per heavy atom. The van der Waals surface area contributed by atoms with E-state index in [-0.39, 0.29) is 16.7 Å². The summed E-state index contributed by atoms with van der Waals surface area (Å²) < 4.78 is 3.94. The molecule has 5 rings (SSSR count). The number of aldehydes is 1. The Kier molecular flexibility index (Phi) is 15.0. The van der Waals surface area contributed by atoms with Crippen LogP contribution >= 0.6 is 0 Å². The highest BCUT2D eigenvalue weighted by molar-refractivity contribution is 5.98. The molecule has 0 bridgehead atoms. The largest absolute Gasteiger partial charge is 0.507 e. The molecule has 2 N–H and O–H groups in total. The molecule has 9 heteroatoms. The van der Waals surface area contributed by atoms with E-state index in [0.717, 1.165) is 46.9 Å². The predicted molar refractivity (Wildman–Crippen MR) is 179 cm³/mol. The smallest absolute Gasteiger partial charge is 0.255 e. The molecule has 0 aliphatic heterocycles. The fourth-order valence-corrected chi connectivity index (χ4v) is 4.65. The second kappa shape index (κ2) is 18.7. The number of aryl methyl sites for hydroxylation is 3. The molecule has 3 aromatic carbocycles. The fraction of sp³-hybridized carbons (Fsp3) is 0.343. The van der Waals surface area contributed by atoms with Crippen molar-refractivity contribution in [1.82, 2.24) is 24.9 Å². The van der Waals surface area contributed by atoms with Crippen molar-refractivity contribution >= 4 is 34.0 Å². The number of nitrogens with one attached hydrogen (secondary N) is 1. The summed E-state index contributed by atoms with van der Waals surface area (Å²) in [7, 11) is 0. The van der Waals surface area contributed by atoms with E-state index in [1.54, 1.807) is 4.68 Å². The van der Waals surface area contributed by atoms with Crippen LogP contribution in [0, 0.1) is 0 Å². The number of carbonyl (C=O) groups is 2. The van der Waals surface area contributed by atoms with Crippen molar-refractivity contribution in [1.29, 1.82) is 0 Å². The van der Waals surface area contributed by atoms with Gasteiger partial charge in [-0.1, -0.05) is 71.0 Å². The molecule has 0 unspecified atom stereocenters. The highest BCUT2D eigenvalue weighted by Gasteiger charge is 2.12. The molecule has 0 fully saturated rings. The monoisotopic (exact) mass is 599 g/mol. The SMILES string of the molecule is CC.CC.CC.O=Cc1ccc(O)c(C(=O)NCCCn2cc(CCCn3c4ccccc4c(=O)c4ccccc43)nn2)c1. The van der Waals surface area contributed by atoms with Crippen molar-refractivity contribution in [3.63, 3.8) is 0 Å². The molecule has 234 valence electrons. The Balaban J connectivity index is 0.00000106. The van der Waals surface area contributed by atoms with Crippen LogP contribution in [0.2, 0.25) is 0 Å². The molecule has 44 heavy (non-hydrogen) atoms. The standard InChI is InChI=1S/C29H27N5O4.3C2H6/c35-19-20-12-13-27(36)24(17-20)29(38)30-14-6-15-33-18-21(31-32-33)7-5-16-34-25-10-3-1-8-22(25)28(37)23-9-2-4-11-26(23)34;3*1-2/h1-4,8-13,17-19,36H,5-7,14-16H2,(H,30,38);3*1-2H3. The normalized spacial score (nSPS) is 10.0. The van der Waals surface area contributed by atoms with Crippen molar-refractivity contribution in [3.05, 3.63) is 100.0 Å². The van der Waals surface area contributed by atoms with Gasteiger partial charge in [-0.05, 0) is 61.7 Å². The molecule has 0 radical (unpaired) electrons. The Morgan fingerprint density at radius 1 is 0.864 bits per heavy atom. The third-order valence-electron chi connectivity index (χ3n) is 6.53. The number of carbonyl (C=O) groups excluding carboxylic acids is 2. The second-order valence-corrected chi connectivity index (χ2v) is 9.10. The van der Waals surface area contributed by atoms with Gasteiger partial charge in [-0.3, -0.25) is 19.1 Å². The van der Waals surface area contributed by atoms with Gasteiger partial charge in [-0.25, -0.2) is 0 Å². The molecule has 9 nitrogen and oxygen atoms in total. The van der Waals surface area contributed by atoms with Crippen LogP contribution in [0.15, 0.2) is 77.7 Å². The van der Waals surface area contributed by atoms with E-state index < -0.39 is 5.91 Å². The lowest BCUT2D eigenvalue weighted by Crippen LogP contribution is -2.25. The molecule has 2 aromatic heterocycles. The number of nitrogens with zero attached hydrogens (tertiary/aromatic N) is 4. The molecule has 0 aliphatic carbocycles. The van der Waals surface area contributed by atoms with Gasteiger partial charge in [0.15, 0.2) is 5.43 Å². The van der Waals surface area contributed by atoms with Crippen LogP contribution in [0.5, 0.6) is 5.75 Å². The van der Waals surface area contributed by atoms with Crippen LogP contribution in [-0.2, 0) is 19.5 Å². The molecule has 5 aromatic rings. The average Bonchev–Trinajstić information content (AvgIpc) is 3.55. The Bertz CT molecular complexity index is 1630. The number of para-hydroxylation sites is 2. The summed E-state index contributed by atoms with van der Waals surface area (Å²) in [6, 6.07) is 19.5. The highest BCUT2D eigenvalue weighted by Crippen LogP contribution is 2.20. The number of phenols is 1. The summed E-state index contributed by atoms with van der Waals surface area (Å²) in [5, 5.41) is 22.5. The number of hydrogen-bond donors (Lipinski definition) is 2. The molecular weight excluding hydrogens is 554 g/mol. The number of pyridine rings is 1. The first-order chi connectivity index (χ1) is 21.5. The minimum atomic E-state index is -0.437.